The molecule has 6 nitrogen and oxygen atoms in total. The first-order chi connectivity index (χ1) is 16.2. The SMILES string of the molecule is Cc1cc(NC(=O)c2cccc(S(=O)(=O)N/C=C/[C@@H]3CCc4ccccc4[C@@H]3O)c2)ccc1F. The fraction of sp³-hybridized carbons (Fsp3) is 0.192. The standard InChI is InChI=1S/C26H25FN2O4S/c1-17-15-21(11-12-24(17)27)29-26(31)20-6-4-7-22(16-20)34(32,33)28-14-13-19-10-9-18-5-2-3-8-23(18)25(19)30/h2-8,11-16,19,25,28,30H,9-10H2,1H3,(H,29,31)/b14-13+/t19-,25+/m0/s1. The number of aliphatic hydroxyl groups is 1. The fourth-order valence-corrected chi connectivity index (χ4v) is 4.95. The van der Waals surface area contributed by atoms with E-state index in [1.54, 1.807) is 13.0 Å². The van der Waals surface area contributed by atoms with Gasteiger partial charge in [-0.3, -0.25) is 9.52 Å². The molecule has 0 spiro atoms. The van der Waals surface area contributed by atoms with Crippen LogP contribution in [0.3, 0.4) is 0 Å². The maximum absolute atomic E-state index is 13.4. The zero-order valence-electron chi connectivity index (χ0n) is 18.5. The van der Waals surface area contributed by atoms with Gasteiger partial charge in [0.2, 0.25) is 0 Å². The largest absolute Gasteiger partial charge is 0.388 e. The number of hydrogen-bond donors (Lipinski definition) is 3. The summed E-state index contributed by atoms with van der Waals surface area (Å²) < 4.78 is 41.4. The molecule has 0 unspecified atom stereocenters. The number of sulfonamides is 1. The average Bonchev–Trinajstić information content (AvgIpc) is 2.83. The molecule has 3 aromatic carbocycles. The third kappa shape index (κ3) is 5.18. The predicted octanol–water partition coefficient (Wildman–Crippen LogP) is 4.47. The van der Waals surface area contributed by atoms with E-state index in [9.17, 15) is 22.7 Å². The lowest BCUT2D eigenvalue weighted by Gasteiger charge is -2.27. The van der Waals surface area contributed by atoms with Crippen molar-refractivity contribution in [2.45, 2.75) is 30.8 Å². The van der Waals surface area contributed by atoms with Crippen LogP contribution >= 0.6 is 0 Å². The molecule has 0 bridgehead atoms. The number of amides is 1. The van der Waals surface area contributed by atoms with Crippen LogP contribution in [0.5, 0.6) is 0 Å². The van der Waals surface area contributed by atoms with Gasteiger partial charge in [0.15, 0.2) is 0 Å². The zero-order chi connectivity index (χ0) is 24.3. The number of rotatable bonds is 6. The number of fused-ring (bicyclic) bond motifs is 1. The van der Waals surface area contributed by atoms with Gasteiger partial charge in [-0.15, -0.1) is 0 Å². The number of benzene rings is 3. The minimum absolute atomic E-state index is 0.0744. The highest BCUT2D eigenvalue weighted by Gasteiger charge is 2.25. The summed E-state index contributed by atoms with van der Waals surface area (Å²) >= 11 is 0. The van der Waals surface area contributed by atoms with Gasteiger partial charge >= 0.3 is 0 Å². The number of aryl methyl sites for hydroxylation is 2. The Hall–Kier alpha value is -3.49. The Morgan fingerprint density at radius 3 is 2.68 bits per heavy atom. The maximum Gasteiger partial charge on any atom is 0.261 e. The van der Waals surface area contributed by atoms with E-state index in [4.69, 9.17) is 0 Å². The molecular formula is C26H25FN2O4S. The summed E-state index contributed by atoms with van der Waals surface area (Å²) in [6, 6.07) is 17.5. The summed E-state index contributed by atoms with van der Waals surface area (Å²) in [5.74, 6) is -1.10. The van der Waals surface area contributed by atoms with Crippen LogP contribution < -0.4 is 10.0 Å². The minimum atomic E-state index is -3.93. The van der Waals surface area contributed by atoms with Gasteiger partial charge in [-0.25, -0.2) is 12.8 Å². The summed E-state index contributed by atoms with van der Waals surface area (Å²) in [4.78, 5) is 12.5. The number of aliphatic hydroxyl groups excluding tert-OH is 1. The molecule has 1 aliphatic rings. The number of nitrogens with one attached hydrogen (secondary N) is 2. The van der Waals surface area contributed by atoms with Crippen LogP contribution in [-0.4, -0.2) is 19.4 Å². The van der Waals surface area contributed by atoms with Crippen molar-refractivity contribution in [3.63, 3.8) is 0 Å². The molecule has 0 saturated carbocycles. The molecule has 1 aliphatic carbocycles. The molecule has 0 heterocycles. The van der Waals surface area contributed by atoms with Gasteiger partial charge in [-0.05, 0) is 72.9 Å². The first kappa shape index (κ1) is 23.7. The third-order valence-electron chi connectivity index (χ3n) is 5.92. The summed E-state index contributed by atoms with van der Waals surface area (Å²) in [5, 5.41) is 13.3. The maximum atomic E-state index is 13.4. The second kappa shape index (κ2) is 9.79. The van der Waals surface area contributed by atoms with E-state index in [0.29, 0.717) is 17.7 Å². The molecule has 1 amide bonds. The number of anilines is 1. The van der Waals surface area contributed by atoms with Crippen LogP contribution in [0.15, 0.2) is 83.9 Å². The van der Waals surface area contributed by atoms with Crippen molar-refractivity contribution in [3.8, 4) is 0 Å². The first-order valence-corrected chi connectivity index (χ1v) is 12.4. The first-order valence-electron chi connectivity index (χ1n) is 10.9. The quantitative estimate of drug-likeness (QED) is 0.485. The lowest BCUT2D eigenvalue weighted by molar-refractivity contribution is 0.102. The Labute approximate surface area is 198 Å². The van der Waals surface area contributed by atoms with Gasteiger partial charge in [-0.2, -0.15) is 0 Å². The second-order valence-corrected chi connectivity index (χ2v) is 9.99. The van der Waals surface area contributed by atoms with Crippen molar-refractivity contribution in [2.24, 2.45) is 5.92 Å². The van der Waals surface area contributed by atoms with Gasteiger partial charge in [0, 0.05) is 23.4 Å². The lowest BCUT2D eigenvalue weighted by atomic mass is 9.81. The molecule has 4 rings (SSSR count). The highest BCUT2D eigenvalue weighted by molar-refractivity contribution is 7.89. The van der Waals surface area contributed by atoms with Crippen molar-refractivity contribution >= 4 is 21.6 Å². The number of carbonyl (C=O) groups is 1. The number of halogens is 1. The molecule has 2 atom stereocenters. The Balaban J connectivity index is 1.44. The molecule has 3 aromatic rings. The lowest BCUT2D eigenvalue weighted by Crippen LogP contribution is -2.22. The highest BCUT2D eigenvalue weighted by atomic mass is 32.2. The van der Waals surface area contributed by atoms with Crippen LogP contribution in [0.2, 0.25) is 0 Å². The van der Waals surface area contributed by atoms with E-state index >= 15 is 0 Å². The van der Waals surface area contributed by atoms with Crippen molar-refractivity contribution in [1.82, 2.24) is 4.72 Å². The van der Waals surface area contributed by atoms with E-state index in [-0.39, 0.29) is 22.2 Å². The van der Waals surface area contributed by atoms with E-state index in [1.807, 2.05) is 24.3 Å². The van der Waals surface area contributed by atoms with E-state index < -0.39 is 22.0 Å². The van der Waals surface area contributed by atoms with Crippen LogP contribution in [0.4, 0.5) is 10.1 Å². The molecule has 176 valence electrons. The van der Waals surface area contributed by atoms with Gasteiger partial charge in [-0.1, -0.05) is 36.4 Å². The van der Waals surface area contributed by atoms with Crippen LogP contribution in [0, 0.1) is 18.7 Å². The molecule has 0 fully saturated rings. The predicted molar refractivity (Wildman–Crippen MR) is 128 cm³/mol. The molecule has 34 heavy (non-hydrogen) atoms. The Morgan fingerprint density at radius 1 is 1.09 bits per heavy atom. The summed E-state index contributed by atoms with van der Waals surface area (Å²) in [6.07, 6.45) is 3.79. The fourth-order valence-electron chi connectivity index (χ4n) is 4.01. The van der Waals surface area contributed by atoms with Crippen molar-refractivity contribution in [3.05, 3.63) is 107 Å². The monoisotopic (exact) mass is 480 g/mol. The van der Waals surface area contributed by atoms with Crippen LogP contribution in [0.1, 0.15) is 39.6 Å². The topological polar surface area (TPSA) is 95.5 Å². The molecule has 8 heteroatoms. The Morgan fingerprint density at radius 2 is 1.88 bits per heavy atom. The summed E-state index contributed by atoms with van der Waals surface area (Å²) in [5.41, 5.74) is 2.91. The van der Waals surface area contributed by atoms with Gasteiger partial charge in [0.1, 0.15) is 5.82 Å². The van der Waals surface area contributed by atoms with Crippen molar-refractivity contribution < 1.29 is 22.7 Å². The second-order valence-electron chi connectivity index (χ2n) is 8.27. The normalized spacial score (nSPS) is 17.9. The van der Waals surface area contributed by atoms with E-state index in [2.05, 4.69) is 10.0 Å². The van der Waals surface area contributed by atoms with E-state index in [0.717, 1.165) is 17.5 Å². The summed E-state index contributed by atoms with van der Waals surface area (Å²) in [7, 11) is -3.93. The smallest absolute Gasteiger partial charge is 0.261 e. The average molecular weight is 481 g/mol. The van der Waals surface area contributed by atoms with Crippen molar-refractivity contribution in [1.29, 1.82) is 0 Å². The van der Waals surface area contributed by atoms with Crippen molar-refractivity contribution in [2.75, 3.05) is 5.32 Å². The highest BCUT2D eigenvalue weighted by Crippen LogP contribution is 2.34. The molecule has 3 N–H and O–H groups in total. The Bertz CT molecular complexity index is 1350. The van der Waals surface area contributed by atoms with Gasteiger partial charge < -0.3 is 10.4 Å². The van der Waals surface area contributed by atoms with Gasteiger partial charge in [0.05, 0.1) is 11.0 Å². The molecular weight excluding hydrogens is 455 g/mol. The Kier molecular flexibility index (Phi) is 6.81. The number of hydrogen-bond acceptors (Lipinski definition) is 4. The summed E-state index contributed by atoms with van der Waals surface area (Å²) in [6.45, 7) is 1.59. The zero-order valence-corrected chi connectivity index (χ0v) is 19.3. The van der Waals surface area contributed by atoms with Crippen LogP contribution in [-0.2, 0) is 16.4 Å². The third-order valence-corrected chi connectivity index (χ3v) is 7.24. The molecule has 0 aliphatic heterocycles. The molecule has 0 saturated heterocycles. The van der Waals surface area contributed by atoms with Gasteiger partial charge in [0.25, 0.3) is 15.9 Å². The van der Waals surface area contributed by atoms with E-state index in [1.165, 1.54) is 48.7 Å². The minimum Gasteiger partial charge on any atom is -0.388 e. The molecule has 0 aromatic heterocycles. The molecule has 0 radical (unpaired) electrons. The van der Waals surface area contributed by atoms with Crippen LogP contribution in [0.25, 0.3) is 0 Å². The number of carbonyl (C=O) groups excluding carboxylic acids is 1.